The quantitative estimate of drug-likeness (QED) is 0.788. The van der Waals surface area contributed by atoms with Crippen LogP contribution in [0.4, 0.5) is 11.4 Å². The minimum absolute atomic E-state index is 0.204. The van der Waals surface area contributed by atoms with Crippen LogP contribution in [0.5, 0.6) is 0 Å². The average Bonchev–Trinajstić information content (AvgIpc) is 3.17. The van der Waals surface area contributed by atoms with Gasteiger partial charge < -0.3 is 15.8 Å². The van der Waals surface area contributed by atoms with Crippen molar-refractivity contribution >= 4 is 28.9 Å². The second kappa shape index (κ2) is 6.26. The second-order valence-electron chi connectivity index (χ2n) is 4.97. The van der Waals surface area contributed by atoms with Gasteiger partial charge in [0.1, 0.15) is 6.10 Å². The molecule has 1 fully saturated rings. The highest BCUT2D eigenvalue weighted by Crippen LogP contribution is 2.32. The van der Waals surface area contributed by atoms with Crippen LogP contribution >= 0.6 is 11.6 Å². The number of halogens is 1. The molecule has 4 nitrogen and oxygen atoms in total. The first kappa shape index (κ1) is 14.2. The molecule has 0 saturated heterocycles. The largest absolute Gasteiger partial charge is 0.397 e. The van der Waals surface area contributed by atoms with Crippen molar-refractivity contribution in [2.24, 2.45) is 5.92 Å². The van der Waals surface area contributed by atoms with Gasteiger partial charge in [-0.1, -0.05) is 24.4 Å². The van der Waals surface area contributed by atoms with E-state index in [-0.39, 0.29) is 5.91 Å². The van der Waals surface area contributed by atoms with Crippen molar-refractivity contribution in [2.45, 2.75) is 32.3 Å². The third-order valence-corrected chi connectivity index (χ3v) is 3.47. The zero-order valence-electron chi connectivity index (χ0n) is 11.0. The van der Waals surface area contributed by atoms with Crippen LogP contribution in [0.25, 0.3) is 0 Å². The molecular weight excluding hydrogens is 264 g/mol. The minimum atomic E-state index is -0.489. The monoisotopic (exact) mass is 282 g/mol. The molecule has 1 unspecified atom stereocenters. The second-order valence-corrected chi connectivity index (χ2v) is 5.40. The average molecular weight is 283 g/mol. The molecule has 0 radical (unpaired) electrons. The van der Waals surface area contributed by atoms with Crippen LogP contribution in [-0.2, 0) is 9.53 Å². The van der Waals surface area contributed by atoms with Crippen LogP contribution in [0.3, 0.4) is 0 Å². The van der Waals surface area contributed by atoms with E-state index in [4.69, 9.17) is 22.1 Å². The summed E-state index contributed by atoms with van der Waals surface area (Å²) in [4.78, 5) is 11.9. The van der Waals surface area contributed by atoms with Crippen molar-refractivity contribution in [3.05, 3.63) is 23.2 Å². The van der Waals surface area contributed by atoms with Gasteiger partial charge in [0, 0.05) is 11.6 Å². The molecule has 0 spiro atoms. The number of hydrogen-bond donors (Lipinski definition) is 2. The van der Waals surface area contributed by atoms with E-state index in [9.17, 15) is 4.79 Å². The van der Waals surface area contributed by atoms with Gasteiger partial charge in [-0.2, -0.15) is 0 Å². The maximum Gasteiger partial charge on any atom is 0.253 e. The van der Waals surface area contributed by atoms with Gasteiger partial charge in [0.2, 0.25) is 0 Å². The van der Waals surface area contributed by atoms with Crippen LogP contribution in [0.2, 0.25) is 5.02 Å². The predicted octanol–water partition coefficient (Wildman–Crippen LogP) is 3.07. The Morgan fingerprint density at radius 2 is 2.32 bits per heavy atom. The maximum atomic E-state index is 11.9. The third-order valence-electron chi connectivity index (χ3n) is 3.23. The number of benzene rings is 1. The molecule has 19 heavy (non-hydrogen) atoms. The summed E-state index contributed by atoms with van der Waals surface area (Å²) in [6.07, 6.45) is 3.14. The normalized spacial score (nSPS) is 16.1. The van der Waals surface area contributed by atoms with Crippen LogP contribution < -0.4 is 11.1 Å². The van der Waals surface area contributed by atoms with Crippen LogP contribution in [0.15, 0.2) is 18.2 Å². The lowest BCUT2D eigenvalue weighted by molar-refractivity contribution is -0.126. The molecule has 1 aliphatic carbocycles. The molecule has 1 aromatic rings. The fourth-order valence-electron chi connectivity index (χ4n) is 1.76. The molecule has 1 amide bonds. The molecule has 1 saturated carbocycles. The highest BCUT2D eigenvalue weighted by Gasteiger charge is 2.22. The van der Waals surface area contributed by atoms with E-state index in [1.807, 2.05) is 0 Å². The Labute approximate surface area is 118 Å². The molecule has 0 heterocycles. The van der Waals surface area contributed by atoms with Crippen molar-refractivity contribution in [2.75, 3.05) is 17.7 Å². The number of rotatable bonds is 6. The lowest BCUT2D eigenvalue weighted by Gasteiger charge is -2.14. The number of nitrogens with one attached hydrogen (secondary N) is 1. The summed E-state index contributed by atoms with van der Waals surface area (Å²) < 4.78 is 5.51. The molecule has 0 aromatic heterocycles. The fourth-order valence-corrected chi connectivity index (χ4v) is 1.94. The Morgan fingerprint density at radius 3 is 3.00 bits per heavy atom. The Morgan fingerprint density at radius 1 is 1.58 bits per heavy atom. The Bertz CT molecular complexity index is 461. The number of amides is 1. The van der Waals surface area contributed by atoms with Crippen LogP contribution in [0, 0.1) is 5.92 Å². The summed E-state index contributed by atoms with van der Waals surface area (Å²) in [5.74, 6) is 0.601. The number of ether oxygens (including phenoxy) is 1. The van der Waals surface area contributed by atoms with E-state index < -0.39 is 6.10 Å². The number of anilines is 2. The Hall–Kier alpha value is -1.26. The van der Waals surface area contributed by atoms with Crippen molar-refractivity contribution in [1.82, 2.24) is 0 Å². The molecule has 2 rings (SSSR count). The van der Waals surface area contributed by atoms with E-state index in [1.54, 1.807) is 25.1 Å². The van der Waals surface area contributed by atoms with Crippen molar-refractivity contribution in [3.8, 4) is 0 Å². The number of nitrogens with two attached hydrogens (primary N) is 1. The smallest absolute Gasteiger partial charge is 0.253 e. The van der Waals surface area contributed by atoms with Crippen molar-refractivity contribution in [1.29, 1.82) is 0 Å². The molecule has 1 aromatic carbocycles. The first-order chi connectivity index (χ1) is 9.06. The highest BCUT2D eigenvalue weighted by molar-refractivity contribution is 6.31. The third kappa shape index (κ3) is 4.40. The zero-order chi connectivity index (χ0) is 13.8. The Balaban J connectivity index is 1.82. The molecular formula is C14H19ClN2O2. The van der Waals surface area contributed by atoms with Gasteiger partial charge in [-0.25, -0.2) is 0 Å². The molecule has 1 atom stereocenters. The SMILES string of the molecule is CC(OCCC1CC1)C(=O)Nc1cc(Cl)ccc1N. The summed E-state index contributed by atoms with van der Waals surface area (Å²) in [5.41, 5.74) is 6.78. The van der Waals surface area contributed by atoms with Gasteiger partial charge in [-0.3, -0.25) is 4.79 Å². The lowest BCUT2D eigenvalue weighted by atomic mass is 10.2. The van der Waals surface area contributed by atoms with Gasteiger partial charge in [0.15, 0.2) is 0 Å². The zero-order valence-corrected chi connectivity index (χ0v) is 11.7. The number of carbonyl (C=O) groups is 1. The van der Waals surface area contributed by atoms with Gasteiger partial charge in [-0.15, -0.1) is 0 Å². The summed E-state index contributed by atoms with van der Waals surface area (Å²) in [6, 6.07) is 4.98. The van der Waals surface area contributed by atoms with E-state index in [0.29, 0.717) is 23.0 Å². The van der Waals surface area contributed by atoms with Gasteiger partial charge in [0.05, 0.1) is 11.4 Å². The minimum Gasteiger partial charge on any atom is -0.397 e. The molecule has 5 heteroatoms. The van der Waals surface area contributed by atoms with Gasteiger partial charge in [0.25, 0.3) is 5.91 Å². The molecule has 1 aliphatic rings. The number of nitrogen functional groups attached to an aromatic ring is 1. The van der Waals surface area contributed by atoms with E-state index >= 15 is 0 Å². The van der Waals surface area contributed by atoms with Crippen molar-refractivity contribution < 1.29 is 9.53 Å². The standard InChI is InChI=1S/C14H19ClN2O2/c1-9(19-7-6-10-2-3-10)14(18)17-13-8-11(15)4-5-12(13)16/h4-5,8-10H,2-3,6-7,16H2,1H3,(H,17,18). The highest BCUT2D eigenvalue weighted by atomic mass is 35.5. The van der Waals surface area contributed by atoms with Crippen molar-refractivity contribution in [3.63, 3.8) is 0 Å². The summed E-state index contributed by atoms with van der Waals surface area (Å²) in [7, 11) is 0. The van der Waals surface area contributed by atoms with E-state index in [2.05, 4.69) is 5.32 Å². The Kier molecular flexibility index (Phi) is 4.66. The fraction of sp³-hybridized carbons (Fsp3) is 0.500. The van der Waals surface area contributed by atoms with Crippen LogP contribution in [-0.4, -0.2) is 18.6 Å². The first-order valence-electron chi connectivity index (χ1n) is 6.53. The number of carbonyl (C=O) groups excluding carboxylic acids is 1. The molecule has 3 N–H and O–H groups in total. The molecule has 0 bridgehead atoms. The van der Waals surface area contributed by atoms with Gasteiger partial charge in [-0.05, 0) is 37.5 Å². The maximum absolute atomic E-state index is 11.9. The molecule has 0 aliphatic heterocycles. The summed E-state index contributed by atoms with van der Waals surface area (Å²) in [5, 5.41) is 3.27. The van der Waals surface area contributed by atoms with Crippen LogP contribution in [0.1, 0.15) is 26.2 Å². The van der Waals surface area contributed by atoms with Gasteiger partial charge >= 0.3 is 0 Å². The summed E-state index contributed by atoms with van der Waals surface area (Å²) >= 11 is 5.87. The first-order valence-corrected chi connectivity index (χ1v) is 6.91. The topological polar surface area (TPSA) is 64.3 Å². The van der Waals surface area contributed by atoms with E-state index in [1.165, 1.54) is 12.8 Å². The predicted molar refractivity (Wildman–Crippen MR) is 77.2 cm³/mol. The van der Waals surface area contributed by atoms with E-state index in [0.717, 1.165) is 12.3 Å². The lowest BCUT2D eigenvalue weighted by Crippen LogP contribution is -2.28. The number of hydrogen-bond acceptors (Lipinski definition) is 3. The molecule has 104 valence electrons. The summed E-state index contributed by atoms with van der Waals surface area (Å²) in [6.45, 7) is 2.37.